The number of nitrogens with one attached hydrogen (secondary N) is 1. The number of carbonyl (C=O) groups excluding carboxylic acids is 1. The summed E-state index contributed by atoms with van der Waals surface area (Å²) in [6, 6.07) is 4.77. The van der Waals surface area contributed by atoms with Gasteiger partial charge in [-0.25, -0.2) is 0 Å². The number of nitrogens with two attached hydrogens (primary N) is 1. The van der Waals surface area contributed by atoms with Crippen molar-refractivity contribution in [3.05, 3.63) is 28.2 Å². The molecule has 1 rings (SSSR count). The average Bonchev–Trinajstić information content (AvgIpc) is 2.17. The van der Waals surface area contributed by atoms with E-state index in [4.69, 9.17) is 10.8 Å². The van der Waals surface area contributed by atoms with Crippen molar-refractivity contribution in [1.29, 1.82) is 0 Å². The Bertz CT molecular complexity index is 368. The van der Waals surface area contributed by atoms with Crippen molar-refractivity contribution in [1.82, 2.24) is 5.32 Å². The Morgan fingerprint density at radius 2 is 2.33 bits per heavy atom. The fourth-order valence-corrected chi connectivity index (χ4v) is 1.47. The van der Waals surface area contributed by atoms with E-state index < -0.39 is 0 Å². The molecule has 0 heterocycles. The third-order valence-corrected chi connectivity index (χ3v) is 2.40. The molecule has 5 heteroatoms. The van der Waals surface area contributed by atoms with Crippen molar-refractivity contribution in [2.24, 2.45) is 0 Å². The summed E-state index contributed by atoms with van der Waals surface area (Å²) in [7, 11) is 0. The van der Waals surface area contributed by atoms with Crippen molar-refractivity contribution in [3.63, 3.8) is 0 Å². The van der Waals surface area contributed by atoms with Crippen LogP contribution in [0, 0.1) is 0 Å². The molecule has 0 aliphatic carbocycles. The lowest BCUT2D eigenvalue weighted by molar-refractivity contribution is 0.0923. The highest BCUT2D eigenvalue weighted by Gasteiger charge is 2.11. The van der Waals surface area contributed by atoms with E-state index >= 15 is 0 Å². The maximum atomic E-state index is 11.6. The number of hydrogen-bond acceptors (Lipinski definition) is 3. The van der Waals surface area contributed by atoms with Gasteiger partial charge < -0.3 is 16.2 Å². The monoisotopic (exact) mass is 272 g/mol. The molecule has 0 aromatic heterocycles. The van der Waals surface area contributed by atoms with Gasteiger partial charge in [0, 0.05) is 16.2 Å². The molecule has 1 aromatic rings. The zero-order chi connectivity index (χ0) is 11.4. The molecule has 0 saturated heterocycles. The molecule has 0 unspecified atom stereocenters. The Hall–Kier alpha value is -1.07. The Kier molecular flexibility index (Phi) is 4.11. The van der Waals surface area contributed by atoms with E-state index in [0.29, 0.717) is 11.3 Å². The number of carbonyl (C=O) groups is 1. The quantitative estimate of drug-likeness (QED) is 0.723. The highest BCUT2D eigenvalue weighted by molar-refractivity contribution is 9.10. The third kappa shape index (κ3) is 3.21. The first kappa shape index (κ1) is 12.0. The lowest BCUT2D eigenvalue weighted by Crippen LogP contribution is -2.35. The van der Waals surface area contributed by atoms with E-state index in [1.165, 1.54) is 0 Å². The van der Waals surface area contributed by atoms with Gasteiger partial charge in [-0.2, -0.15) is 0 Å². The van der Waals surface area contributed by atoms with E-state index in [-0.39, 0.29) is 18.6 Å². The van der Waals surface area contributed by atoms with Crippen LogP contribution in [-0.4, -0.2) is 23.7 Å². The number of amides is 1. The van der Waals surface area contributed by atoms with Crippen LogP contribution < -0.4 is 11.1 Å². The molecule has 1 aromatic carbocycles. The van der Waals surface area contributed by atoms with Gasteiger partial charge in [-0.15, -0.1) is 0 Å². The molecule has 1 atom stereocenters. The molecule has 0 aliphatic rings. The number of anilines is 1. The van der Waals surface area contributed by atoms with E-state index in [2.05, 4.69) is 21.2 Å². The predicted octanol–water partition coefficient (Wildman–Crippen LogP) is 1.14. The van der Waals surface area contributed by atoms with Gasteiger partial charge in [0.1, 0.15) is 0 Å². The SMILES string of the molecule is C[C@@H](CO)NC(=O)c1ccc(Br)cc1N. The van der Waals surface area contributed by atoms with Crippen LogP contribution in [0.5, 0.6) is 0 Å². The maximum absolute atomic E-state index is 11.6. The van der Waals surface area contributed by atoms with Gasteiger partial charge in [0.15, 0.2) is 0 Å². The molecular formula is C10H13BrN2O2. The van der Waals surface area contributed by atoms with Crippen molar-refractivity contribution >= 4 is 27.5 Å². The summed E-state index contributed by atoms with van der Waals surface area (Å²) in [6.45, 7) is 1.62. The summed E-state index contributed by atoms with van der Waals surface area (Å²) in [6.07, 6.45) is 0. The molecular weight excluding hydrogens is 260 g/mol. The Balaban J connectivity index is 2.82. The second-order valence-corrected chi connectivity index (χ2v) is 4.20. The molecule has 0 bridgehead atoms. The van der Waals surface area contributed by atoms with Crippen LogP contribution in [0.15, 0.2) is 22.7 Å². The summed E-state index contributed by atoms with van der Waals surface area (Å²) < 4.78 is 0.826. The summed E-state index contributed by atoms with van der Waals surface area (Å²) in [5.74, 6) is -0.276. The minimum Gasteiger partial charge on any atom is -0.398 e. The van der Waals surface area contributed by atoms with Crippen molar-refractivity contribution < 1.29 is 9.90 Å². The number of rotatable bonds is 3. The summed E-state index contributed by atoms with van der Waals surface area (Å²) in [5.41, 5.74) is 6.51. The number of hydrogen-bond donors (Lipinski definition) is 3. The molecule has 82 valence electrons. The van der Waals surface area contributed by atoms with E-state index in [0.717, 1.165) is 4.47 Å². The number of halogens is 1. The van der Waals surface area contributed by atoms with Crippen LogP contribution in [0.4, 0.5) is 5.69 Å². The largest absolute Gasteiger partial charge is 0.398 e. The van der Waals surface area contributed by atoms with Crippen LogP contribution in [0.3, 0.4) is 0 Å². The van der Waals surface area contributed by atoms with Crippen LogP contribution >= 0.6 is 15.9 Å². The lowest BCUT2D eigenvalue weighted by Gasteiger charge is -2.12. The number of aliphatic hydroxyl groups excluding tert-OH is 1. The van der Waals surface area contributed by atoms with Gasteiger partial charge in [0.25, 0.3) is 5.91 Å². The molecule has 15 heavy (non-hydrogen) atoms. The number of nitrogen functional groups attached to an aromatic ring is 1. The first-order valence-corrected chi connectivity index (χ1v) is 5.30. The third-order valence-electron chi connectivity index (χ3n) is 1.91. The minimum absolute atomic E-state index is 0.0951. The normalized spacial score (nSPS) is 12.2. The van der Waals surface area contributed by atoms with Crippen LogP contribution in [0.2, 0.25) is 0 Å². The van der Waals surface area contributed by atoms with Gasteiger partial charge in [-0.1, -0.05) is 15.9 Å². The zero-order valence-electron chi connectivity index (χ0n) is 8.33. The highest BCUT2D eigenvalue weighted by Crippen LogP contribution is 2.18. The van der Waals surface area contributed by atoms with Crippen molar-refractivity contribution in [3.8, 4) is 0 Å². The molecule has 4 nitrogen and oxygen atoms in total. The molecule has 0 saturated carbocycles. The molecule has 0 spiro atoms. The molecule has 0 fully saturated rings. The first-order chi connectivity index (χ1) is 7.04. The van der Waals surface area contributed by atoms with Crippen LogP contribution in [0.1, 0.15) is 17.3 Å². The first-order valence-electron chi connectivity index (χ1n) is 4.51. The van der Waals surface area contributed by atoms with E-state index in [1.54, 1.807) is 25.1 Å². The molecule has 1 amide bonds. The van der Waals surface area contributed by atoms with Crippen molar-refractivity contribution in [2.75, 3.05) is 12.3 Å². The predicted molar refractivity (Wildman–Crippen MR) is 62.6 cm³/mol. The minimum atomic E-state index is -0.277. The Morgan fingerprint density at radius 3 is 2.87 bits per heavy atom. The van der Waals surface area contributed by atoms with Crippen molar-refractivity contribution in [2.45, 2.75) is 13.0 Å². The zero-order valence-corrected chi connectivity index (χ0v) is 9.91. The summed E-state index contributed by atoms with van der Waals surface area (Å²) in [5, 5.41) is 11.4. The number of aliphatic hydroxyl groups is 1. The van der Waals surface area contributed by atoms with Crippen LogP contribution in [0.25, 0.3) is 0 Å². The fourth-order valence-electron chi connectivity index (χ4n) is 1.09. The average molecular weight is 273 g/mol. The van der Waals surface area contributed by atoms with Gasteiger partial charge in [-0.05, 0) is 25.1 Å². The number of benzene rings is 1. The highest BCUT2D eigenvalue weighted by atomic mass is 79.9. The fraction of sp³-hybridized carbons (Fsp3) is 0.300. The standard InChI is InChI=1S/C10H13BrN2O2/c1-6(5-14)13-10(15)8-3-2-7(11)4-9(8)12/h2-4,6,14H,5,12H2,1H3,(H,13,15)/t6-/m0/s1. The van der Waals surface area contributed by atoms with E-state index in [1.807, 2.05) is 0 Å². The van der Waals surface area contributed by atoms with Gasteiger partial charge in [-0.3, -0.25) is 4.79 Å². The van der Waals surface area contributed by atoms with E-state index in [9.17, 15) is 4.79 Å². The topological polar surface area (TPSA) is 75.3 Å². The van der Waals surface area contributed by atoms with Gasteiger partial charge >= 0.3 is 0 Å². The Morgan fingerprint density at radius 1 is 1.67 bits per heavy atom. The van der Waals surface area contributed by atoms with Crippen LogP contribution in [-0.2, 0) is 0 Å². The summed E-state index contributed by atoms with van der Waals surface area (Å²) >= 11 is 3.26. The second kappa shape index (κ2) is 5.14. The Labute approximate surface area is 96.6 Å². The van der Waals surface area contributed by atoms with Gasteiger partial charge in [0.05, 0.1) is 12.2 Å². The second-order valence-electron chi connectivity index (χ2n) is 3.29. The maximum Gasteiger partial charge on any atom is 0.253 e. The lowest BCUT2D eigenvalue weighted by atomic mass is 10.1. The molecule has 0 radical (unpaired) electrons. The smallest absolute Gasteiger partial charge is 0.253 e. The summed E-state index contributed by atoms with van der Waals surface area (Å²) in [4.78, 5) is 11.6. The molecule has 4 N–H and O–H groups in total. The molecule has 0 aliphatic heterocycles. The van der Waals surface area contributed by atoms with Gasteiger partial charge in [0.2, 0.25) is 0 Å².